The molecule has 0 atom stereocenters. The normalized spacial score (nSPS) is 16.0. The topological polar surface area (TPSA) is 44.4 Å². The van der Waals surface area contributed by atoms with Gasteiger partial charge in [0.1, 0.15) is 0 Å². The van der Waals surface area contributed by atoms with Crippen LogP contribution in [-0.2, 0) is 11.3 Å². The van der Waals surface area contributed by atoms with Gasteiger partial charge in [0.2, 0.25) is 5.91 Å². The van der Waals surface area contributed by atoms with E-state index >= 15 is 0 Å². The van der Waals surface area contributed by atoms with Crippen molar-refractivity contribution >= 4 is 17.5 Å². The molecule has 5 heteroatoms. The quantitative estimate of drug-likeness (QED) is 0.810. The second-order valence-electron chi connectivity index (χ2n) is 5.85. The minimum absolute atomic E-state index is 0.0990. The Kier molecular flexibility index (Phi) is 7.16. The molecule has 1 saturated heterocycles. The van der Waals surface area contributed by atoms with E-state index in [4.69, 9.17) is 11.6 Å². The monoisotopic (exact) mass is 323 g/mol. The van der Waals surface area contributed by atoms with Crippen LogP contribution in [0, 0.1) is 0 Å². The molecule has 0 aromatic heterocycles. The Labute approximate surface area is 138 Å². The molecule has 1 aliphatic rings. The molecule has 1 amide bonds. The summed E-state index contributed by atoms with van der Waals surface area (Å²) in [5.74, 6) is 0.0990. The third-order valence-electron chi connectivity index (χ3n) is 4.09. The van der Waals surface area contributed by atoms with Gasteiger partial charge in [-0.2, -0.15) is 0 Å². The minimum atomic E-state index is 0.0990. The third kappa shape index (κ3) is 5.59. The van der Waals surface area contributed by atoms with Gasteiger partial charge in [0.15, 0.2) is 0 Å². The molecule has 0 saturated carbocycles. The fourth-order valence-electron chi connectivity index (χ4n) is 2.89. The predicted octanol–water partition coefficient (Wildman–Crippen LogP) is 2.42. The molecule has 0 aliphatic carbocycles. The van der Waals surface area contributed by atoms with Crippen molar-refractivity contribution in [3.05, 3.63) is 34.9 Å². The molecule has 0 spiro atoms. The highest BCUT2D eigenvalue weighted by Gasteiger charge is 2.22. The average Bonchev–Trinajstić information content (AvgIpc) is 2.55. The fourth-order valence-corrected chi connectivity index (χ4v) is 3.02. The van der Waals surface area contributed by atoms with Gasteiger partial charge in [0.25, 0.3) is 0 Å². The zero-order valence-electron chi connectivity index (χ0n) is 13.3. The van der Waals surface area contributed by atoms with Crippen LogP contribution in [-0.4, -0.2) is 43.0 Å². The molecule has 1 aromatic rings. The van der Waals surface area contributed by atoms with Crippen LogP contribution < -0.4 is 10.6 Å². The highest BCUT2D eigenvalue weighted by molar-refractivity contribution is 6.30. The smallest absolute Gasteiger partial charge is 0.234 e. The molecule has 0 bridgehead atoms. The van der Waals surface area contributed by atoms with Gasteiger partial charge < -0.3 is 10.6 Å². The van der Waals surface area contributed by atoms with Crippen LogP contribution in [0.1, 0.15) is 31.7 Å². The first-order valence-electron chi connectivity index (χ1n) is 8.15. The van der Waals surface area contributed by atoms with Crippen molar-refractivity contribution in [2.75, 3.05) is 26.2 Å². The Morgan fingerprint density at radius 3 is 2.64 bits per heavy atom. The van der Waals surface area contributed by atoms with Crippen molar-refractivity contribution in [3.8, 4) is 0 Å². The molecular weight excluding hydrogens is 298 g/mol. The van der Waals surface area contributed by atoms with Crippen LogP contribution in [0.5, 0.6) is 0 Å². The second kappa shape index (κ2) is 9.13. The van der Waals surface area contributed by atoms with Gasteiger partial charge >= 0.3 is 0 Å². The summed E-state index contributed by atoms with van der Waals surface area (Å²) in [4.78, 5) is 14.5. The van der Waals surface area contributed by atoms with Gasteiger partial charge in [-0.3, -0.25) is 9.69 Å². The van der Waals surface area contributed by atoms with Crippen molar-refractivity contribution in [1.29, 1.82) is 0 Å². The molecule has 122 valence electrons. The molecule has 1 aromatic carbocycles. The van der Waals surface area contributed by atoms with Crippen molar-refractivity contribution in [3.63, 3.8) is 0 Å². The maximum atomic E-state index is 12.2. The molecule has 1 heterocycles. The molecule has 0 radical (unpaired) electrons. The van der Waals surface area contributed by atoms with Crippen LogP contribution >= 0.6 is 11.6 Å². The van der Waals surface area contributed by atoms with Gasteiger partial charge in [-0.15, -0.1) is 0 Å². The van der Waals surface area contributed by atoms with Gasteiger partial charge in [0.05, 0.1) is 6.54 Å². The number of carbonyl (C=O) groups excluding carboxylic acids is 1. The van der Waals surface area contributed by atoms with E-state index in [-0.39, 0.29) is 5.91 Å². The highest BCUT2D eigenvalue weighted by Crippen LogP contribution is 2.12. The number of amides is 1. The average molecular weight is 324 g/mol. The molecule has 1 fully saturated rings. The summed E-state index contributed by atoms with van der Waals surface area (Å²) in [7, 11) is 0. The molecule has 2 N–H and O–H groups in total. The Bertz CT molecular complexity index is 457. The van der Waals surface area contributed by atoms with E-state index in [1.165, 1.54) is 0 Å². The summed E-state index contributed by atoms with van der Waals surface area (Å²) in [6, 6.07) is 8.11. The lowest BCUT2D eigenvalue weighted by molar-refractivity contribution is -0.123. The third-order valence-corrected chi connectivity index (χ3v) is 4.34. The zero-order chi connectivity index (χ0) is 15.8. The number of nitrogens with zero attached hydrogens (tertiary/aromatic N) is 1. The standard InChI is InChI=1S/C17H26ClN3O/c1-2-11-21(16-7-9-19-10-8-16)13-17(22)20-12-14-3-5-15(18)6-4-14/h3-6,16,19H,2,7-13H2,1H3,(H,20,22). The maximum Gasteiger partial charge on any atom is 0.234 e. The summed E-state index contributed by atoms with van der Waals surface area (Å²) in [6.45, 7) is 6.31. The lowest BCUT2D eigenvalue weighted by Crippen LogP contribution is -2.47. The molecule has 22 heavy (non-hydrogen) atoms. The molecule has 2 rings (SSSR count). The SMILES string of the molecule is CCCN(CC(=O)NCc1ccc(Cl)cc1)C1CCNCC1. The van der Waals surface area contributed by atoms with Gasteiger partial charge in [-0.1, -0.05) is 30.7 Å². The van der Waals surface area contributed by atoms with Crippen LogP contribution in [0.3, 0.4) is 0 Å². The minimum Gasteiger partial charge on any atom is -0.351 e. The van der Waals surface area contributed by atoms with Crippen molar-refractivity contribution in [2.24, 2.45) is 0 Å². The fraction of sp³-hybridized carbons (Fsp3) is 0.588. The van der Waals surface area contributed by atoms with E-state index < -0.39 is 0 Å². The summed E-state index contributed by atoms with van der Waals surface area (Å²) >= 11 is 5.86. The first kappa shape index (κ1) is 17.3. The van der Waals surface area contributed by atoms with Crippen LogP contribution in [0.25, 0.3) is 0 Å². The molecule has 0 unspecified atom stereocenters. The number of hydrogen-bond donors (Lipinski definition) is 2. The van der Waals surface area contributed by atoms with Crippen LogP contribution in [0.2, 0.25) is 5.02 Å². The van der Waals surface area contributed by atoms with Crippen LogP contribution in [0.15, 0.2) is 24.3 Å². The maximum absolute atomic E-state index is 12.2. The second-order valence-corrected chi connectivity index (χ2v) is 6.29. The number of hydrogen-bond acceptors (Lipinski definition) is 3. The van der Waals surface area contributed by atoms with Crippen molar-refractivity contribution in [1.82, 2.24) is 15.5 Å². The lowest BCUT2D eigenvalue weighted by atomic mass is 10.0. The Balaban J connectivity index is 1.80. The summed E-state index contributed by atoms with van der Waals surface area (Å²) in [5.41, 5.74) is 1.07. The Morgan fingerprint density at radius 2 is 2.00 bits per heavy atom. The zero-order valence-corrected chi connectivity index (χ0v) is 14.0. The first-order valence-corrected chi connectivity index (χ1v) is 8.52. The van der Waals surface area contributed by atoms with Gasteiger partial charge in [-0.25, -0.2) is 0 Å². The predicted molar refractivity (Wildman–Crippen MR) is 91.1 cm³/mol. The van der Waals surface area contributed by atoms with Crippen molar-refractivity contribution in [2.45, 2.75) is 38.8 Å². The first-order chi connectivity index (χ1) is 10.7. The number of nitrogens with one attached hydrogen (secondary N) is 2. The van der Waals surface area contributed by atoms with Crippen molar-refractivity contribution < 1.29 is 4.79 Å². The van der Waals surface area contributed by atoms with E-state index in [1.54, 1.807) is 0 Å². The largest absolute Gasteiger partial charge is 0.351 e. The summed E-state index contributed by atoms with van der Waals surface area (Å²) in [6.07, 6.45) is 3.34. The van der Waals surface area contributed by atoms with E-state index in [1.807, 2.05) is 24.3 Å². The number of benzene rings is 1. The van der Waals surface area contributed by atoms with Gasteiger partial charge in [-0.05, 0) is 56.6 Å². The molecule has 4 nitrogen and oxygen atoms in total. The molecule has 1 aliphatic heterocycles. The van der Waals surface area contributed by atoms with E-state index in [2.05, 4.69) is 22.5 Å². The number of piperidine rings is 1. The van der Waals surface area contributed by atoms with Gasteiger partial charge in [0, 0.05) is 17.6 Å². The lowest BCUT2D eigenvalue weighted by Gasteiger charge is -2.34. The van der Waals surface area contributed by atoms with E-state index in [0.29, 0.717) is 19.1 Å². The highest BCUT2D eigenvalue weighted by atomic mass is 35.5. The van der Waals surface area contributed by atoms with Crippen LogP contribution in [0.4, 0.5) is 0 Å². The van der Waals surface area contributed by atoms with E-state index in [0.717, 1.165) is 49.5 Å². The number of rotatable bonds is 7. The van der Waals surface area contributed by atoms with E-state index in [9.17, 15) is 4.79 Å². The number of carbonyl (C=O) groups is 1. The Hall–Kier alpha value is -1.10. The number of halogens is 1. The summed E-state index contributed by atoms with van der Waals surface area (Å²) in [5, 5.41) is 7.10. The Morgan fingerprint density at radius 1 is 1.32 bits per heavy atom. The molecular formula is C17H26ClN3O. The summed E-state index contributed by atoms with van der Waals surface area (Å²) < 4.78 is 0.